The monoisotopic (exact) mass is 678 g/mol. The quantitative estimate of drug-likeness (QED) is 0.183. The average molecular weight is 679 g/mol. The van der Waals surface area contributed by atoms with Crippen LogP contribution in [0.4, 0.5) is 0 Å². The van der Waals surface area contributed by atoms with Crippen molar-refractivity contribution in [2.24, 2.45) is 0 Å². The highest BCUT2D eigenvalue weighted by molar-refractivity contribution is 7.99. The molecule has 246 valence electrons. The molecule has 7 heteroatoms. The van der Waals surface area contributed by atoms with Crippen molar-refractivity contribution >= 4 is 67.5 Å². The topological polar surface area (TPSA) is 44.5 Å². The molecule has 0 amide bonds. The van der Waals surface area contributed by atoms with Crippen LogP contribution in [0, 0.1) is 0 Å². The Labute approximate surface area is 298 Å². The third-order valence-electron chi connectivity index (χ3n) is 11.8. The summed E-state index contributed by atoms with van der Waals surface area (Å²) in [5.74, 6) is 1.86. The van der Waals surface area contributed by atoms with Crippen molar-refractivity contribution in [3.63, 3.8) is 0 Å². The van der Waals surface area contributed by atoms with Crippen LogP contribution < -0.4 is 0 Å². The van der Waals surface area contributed by atoms with Crippen LogP contribution in [0.3, 0.4) is 0 Å². The van der Waals surface area contributed by atoms with Crippen molar-refractivity contribution < 1.29 is 0 Å². The molecular formula is C44H34N6S. The predicted octanol–water partition coefficient (Wildman–Crippen LogP) is 10.9. The summed E-state index contributed by atoms with van der Waals surface area (Å²) in [6.45, 7) is 9.65. The van der Waals surface area contributed by atoms with E-state index < -0.39 is 0 Å². The van der Waals surface area contributed by atoms with Crippen molar-refractivity contribution in [3.8, 4) is 11.4 Å². The minimum Gasteiger partial charge on any atom is -0.278 e. The third-order valence-corrected chi connectivity index (χ3v) is 13.0. The van der Waals surface area contributed by atoms with Crippen LogP contribution in [0.25, 0.3) is 67.1 Å². The fourth-order valence-electron chi connectivity index (χ4n) is 8.51. The van der Waals surface area contributed by atoms with Gasteiger partial charge in [-0.1, -0.05) is 100 Å². The van der Waals surface area contributed by atoms with Gasteiger partial charge in [0.1, 0.15) is 0 Å². The number of hydrogen-bond acceptors (Lipinski definition) is 3. The Hall–Kier alpha value is -5.79. The van der Waals surface area contributed by atoms with E-state index in [-0.39, 0.29) is 10.8 Å². The molecule has 0 aliphatic carbocycles. The van der Waals surface area contributed by atoms with Gasteiger partial charge < -0.3 is 0 Å². The Morgan fingerprint density at radius 1 is 0.471 bits per heavy atom. The molecule has 4 aromatic heterocycles. The Morgan fingerprint density at radius 3 is 1.61 bits per heavy atom. The number of para-hydroxylation sites is 8. The molecule has 6 aromatic carbocycles. The Kier molecular flexibility index (Phi) is 5.64. The van der Waals surface area contributed by atoms with E-state index in [1.54, 1.807) is 0 Å². The largest absolute Gasteiger partial charge is 0.278 e. The fourth-order valence-corrected chi connectivity index (χ4v) is 9.99. The van der Waals surface area contributed by atoms with E-state index in [1.807, 2.05) is 11.8 Å². The highest BCUT2D eigenvalue weighted by Gasteiger charge is 2.45. The van der Waals surface area contributed by atoms with Gasteiger partial charge in [-0.15, -0.1) is 0 Å². The highest BCUT2D eigenvalue weighted by atomic mass is 32.2. The Morgan fingerprint density at radius 2 is 0.980 bits per heavy atom. The maximum Gasteiger partial charge on any atom is 0.220 e. The van der Waals surface area contributed by atoms with Crippen molar-refractivity contribution in [3.05, 3.63) is 145 Å². The van der Waals surface area contributed by atoms with Gasteiger partial charge in [0.05, 0.1) is 49.8 Å². The highest BCUT2D eigenvalue weighted by Crippen LogP contribution is 2.55. The molecule has 5 heterocycles. The van der Waals surface area contributed by atoms with Crippen molar-refractivity contribution in [2.45, 2.75) is 48.3 Å². The minimum atomic E-state index is -0.218. The van der Waals surface area contributed by atoms with E-state index in [9.17, 15) is 0 Å². The SMILES string of the molecule is CC1(C)c2cc(-n3c4ccccc4n4c5ccccc5nc34)ccc2Sc2c(-n3c4ccccc4n4c5ccccc5nc34)cccc2C1(C)C. The molecular weight excluding hydrogens is 645 g/mol. The predicted molar refractivity (Wildman–Crippen MR) is 209 cm³/mol. The van der Waals surface area contributed by atoms with Crippen LogP contribution in [-0.2, 0) is 10.8 Å². The molecule has 11 rings (SSSR count). The second kappa shape index (κ2) is 9.92. The molecule has 51 heavy (non-hydrogen) atoms. The molecule has 0 bridgehead atoms. The smallest absolute Gasteiger partial charge is 0.220 e. The summed E-state index contributed by atoms with van der Waals surface area (Å²) < 4.78 is 9.30. The van der Waals surface area contributed by atoms with Gasteiger partial charge in [0, 0.05) is 26.3 Å². The Balaban J connectivity index is 1.17. The first-order chi connectivity index (χ1) is 24.8. The van der Waals surface area contributed by atoms with Crippen LogP contribution >= 0.6 is 11.8 Å². The standard InChI is InChI=1S/C44H34N6S/c1-43(2)28-14-13-23-38(50-37-22-12-11-21-36(37)49-33-18-8-6-16-31(33)46-42(49)50)40(28)51-39-25-24-27(26-29(39)44(43,3)4)47-34-19-9-10-20-35(34)48-32-17-7-5-15-30(32)45-41(47)48/h5-26H,1-4H3. The molecule has 10 aromatic rings. The van der Waals surface area contributed by atoms with Crippen molar-refractivity contribution in [1.82, 2.24) is 27.9 Å². The van der Waals surface area contributed by atoms with Crippen molar-refractivity contribution in [2.75, 3.05) is 0 Å². The van der Waals surface area contributed by atoms with Gasteiger partial charge in [-0.3, -0.25) is 17.9 Å². The molecule has 0 N–H and O–H groups in total. The lowest BCUT2D eigenvalue weighted by molar-refractivity contribution is 0.296. The van der Waals surface area contributed by atoms with Crippen LogP contribution in [0.1, 0.15) is 38.8 Å². The van der Waals surface area contributed by atoms with E-state index in [4.69, 9.17) is 9.97 Å². The maximum atomic E-state index is 5.22. The lowest BCUT2D eigenvalue weighted by atomic mass is 9.61. The third kappa shape index (κ3) is 3.68. The molecule has 0 unspecified atom stereocenters. The molecule has 0 radical (unpaired) electrons. The summed E-state index contributed by atoms with van der Waals surface area (Å²) in [5.41, 5.74) is 13.3. The summed E-state index contributed by atoms with van der Waals surface area (Å²) in [7, 11) is 0. The van der Waals surface area contributed by atoms with Gasteiger partial charge >= 0.3 is 0 Å². The molecule has 0 fully saturated rings. The molecule has 0 saturated heterocycles. The number of imidazole rings is 4. The first-order valence-corrected chi connectivity index (χ1v) is 18.3. The minimum absolute atomic E-state index is 0.218. The van der Waals surface area contributed by atoms with Gasteiger partial charge in [-0.05, 0) is 83.9 Å². The number of hydrogen-bond donors (Lipinski definition) is 0. The number of aromatic nitrogens is 6. The lowest BCUT2D eigenvalue weighted by Crippen LogP contribution is -2.40. The summed E-state index contributed by atoms with van der Waals surface area (Å²) in [6.07, 6.45) is 0. The number of nitrogens with zero attached hydrogens (tertiary/aromatic N) is 6. The summed E-state index contributed by atoms with van der Waals surface area (Å²) >= 11 is 1.89. The fraction of sp³-hybridized carbons (Fsp3) is 0.136. The van der Waals surface area contributed by atoms with Crippen LogP contribution in [0.2, 0.25) is 0 Å². The summed E-state index contributed by atoms with van der Waals surface area (Å²) in [6, 6.07) is 48.0. The number of benzene rings is 6. The molecule has 0 spiro atoms. The number of fused-ring (bicyclic) bond motifs is 12. The molecule has 1 aliphatic heterocycles. The number of rotatable bonds is 2. The molecule has 0 saturated carbocycles. The van der Waals surface area contributed by atoms with Crippen LogP contribution in [-0.4, -0.2) is 27.9 Å². The van der Waals surface area contributed by atoms with E-state index in [1.165, 1.54) is 20.9 Å². The molecule has 1 aliphatic rings. The average Bonchev–Trinajstić information content (AvgIpc) is 3.87. The van der Waals surface area contributed by atoms with Gasteiger partial charge in [0.25, 0.3) is 0 Å². The van der Waals surface area contributed by atoms with E-state index in [0.29, 0.717) is 0 Å². The van der Waals surface area contributed by atoms with Gasteiger partial charge in [0.15, 0.2) is 0 Å². The van der Waals surface area contributed by atoms with Crippen LogP contribution in [0.15, 0.2) is 143 Å². The van der Waals surface area contributed by atoms with Gasteiger partial charge in [0.2, 0.25) is 11.6 Å². The Bertz CT molecular complexity index is 3070. The zero-order chi connectivity index (χ0) is 34.2. The zero-order valence-corrected chi connectivity index (χ0v) is 29.6. The van der Waals surface area contributed by atoms with Gasteiger partial charge in [-0.2, -0.15) is 0 Å². The van der Waals surface area contributed by atoms with E-state index in [0.717, 1.165) is 67.1 Å². The first kappa shape index (κ1) is 29.0. The summed E-state index contributed by atoms with van der Waals surface area (Å²) in [5, 5.41) is 0. The lowest BCUT2D eigenvalue weighted by Gasteiger charge is -2.42. The molecule has 0 atom stereocenters. The zero-order valence-electron chi connectivity index (χ0n) is 28.8. The van der Waals surface area contributed by atoms with Gasteiger partial charge in [-0.25, -0.2) is 9.97 Å². The molecule has 6 nitrogen and oxygen atoms in total. The normalized spacial score (nSPS) is 15.3. The summed E-state index contributed by atoms with van der Waals surface area (Å²) in [4.78, 5) is 12.9. The maximum absolute atomic E-state index is 5.22. The second-order valence-corrected chi connectivity index (χ2v) is 15.9. The second-order valence-electron chi connectivity index (χ2n) is 14.8. The van der Waals surface area contributed by atoms with Crippen LogP contribution in [0.5, 0.6) is 0 Å². The van der Waals surface area contributed by atoms with E-state index in [2.05, 4.69) is 179 Å². The van der Waals surface area contributed by atoms with Crippen molar-refractivity contribution in [1.29, 1.82) is 0 Å². The van der Waals surface area contributed by atoms with E-state index >= 15 is 0 Å². The first-order valence-electron chi connectivity index (χ1n) is 17.5.